The molecule has 3 aromatic rings. The standard InChI is InChI=1S/C14H12ClN3O/c1-8-4-3-5-10(6-8)11-7-12-16-9(2)13(15)14(19)18(12)17-11/h3-7,17H,1-2H3. The van der Waals surface area contributed by atoms with Crippen molar-refractivity contribution in [2.24, 2.45) is 0 Å². The first-order valence-electron chi connectivity index (χ1n) is 5.91. The van der Waals surface area contributed by atoms with Gasteiger partial charge in [-0.15, -0.1) is 0 Å². The third-order valence-corrected chi connectivity index (χ3v) is 3.49. The molecule has 2 heterocycles. The highest BCUT2D eigenvalue weighted by Gasteiger charge is 2.10. The molecular formula is C14H12ClN3O. The first-order valence-corrected chi connectivity index (χ1v) is 6.29. The zero-order chi connectivity index (χ0) is 13.6. The maximum absolute atomic E-state index is 12.0. The number of hydrogen-bond acceptors (Lipinski definition) is 2. The van der Waals surface area contributed by atoms with E-state index in [4.69, 9.17) is 11.6 Å². The fraction of sp³-hybridized carbons (Fsp3) is 0.143. The monoisotopic (exact) mass is 273 g/mol. The minimum Gasteiger partial charge on any atom is -0.289 e. The van der Waals surface area contributed by atoms with Gasteiger partial charge in [0.15, 0.2) is 5.65 Å². The van der Waals surface area contributed by atoms with Crippen LogP contribution in [0.1, 0.15) is 11.3 Å². The lowest BCUT2D eigenvalue weighted by Crippen LogP contribution is -2.16. The lowest BCUT2D eigenvalue weighted by atomic mass is 10.1. The van der Waals surface area contributed by atoms with Gasteiger partial charge in [0.2, 0.25) is 0 Å². The highest BCUT2D eigenvalue weighted by molar-refractivity contribution is 6.31. The Balaban J connectivity index is 2.28. The molecule has 0 saturated heterocycles. The molecule has 0 saturated carbocycles. The van der Waals surface area contributed by atoms with Crippen LogP contribution in [0.25, 0.3) is 16.9 Å². The zero-order valence-corrected chi connectivity index (χ0v) is 11.3. The Morgan fingerprint density at radius 3 is 2.79 bits per heavy atom. The molecule has 0 radical (unpaired) electrons. The highest BCUT2D eigenvalue weighted by Crippen LogP contribution is 2.20. The van der Waals surface area contributed by atoms with E-state index in [1.807, 2.05) is 37.3 Å². The van der Waals surface area contributed by atoms with E-state index in [-0.39, 0.29) is 10.6 Å². The summed E-state index contributed by atoms with van der Waals surface area (Å²) in [6.45, 7) is 3.75. The summed E-state index contributed by atoms with van der Waals surface area (Å²) in [7, 11) is 0. The number of halogens is 1. The van der Waals surface area contributed by atoms with E-state index in [9.17, 15) is 4.79 Å². The molecule has 4 nitrogen and oxygen atoms in total. The number of fused-ring (bicyclic) bond motifs is 1. The maximum atomic E-state index is 12.0. The van der Waals surface area contributed by atoms with Gasteiger partial charge in [-0.3, -0.25) is 9.89 Å². The molecule has 0 aliphatic carbocycles. The normalized spacial score (nSPS) is 11.1. The lowest BCUT2D eigenvalue weighted by molar-refractivity contribution is 0.893. The van der Waals surface area contributed by atoms with E-state index in [2.05, 4.69) is 10.1 Å². The van der Waals surface area contributed by atoms with Crippen molar-refractivity contribution in [1.29, 1.82) is 0 Å². The van der Waals surface area contributed by atoms with Gasteiger partial charge in [0.1, 0.15) is 5.02 Å². The van der Waals surface area contributed by atoms with Crippen molar-refractivity contribution >= 4 is 17.2 Å². The smallest absolute Gasteiger partial charge is 0.289 e. The molecule has 1 N–H and O–H groups in total. The van der Waals surface area contributed by atoms with Gasteiger partial charge in [-0.25, -0.2) is 4.98 Å². The summed E-state index contributed by atoms with van der Waals surface area (Å²) in [5.41, 5.74) is 3.85. The van der Waals surface area contributed by atoms with E-state index in [1.165, 1.54) is 4.52 Å². The molecule has 1 aromatic carbocycles. The predicted molar refractivity (Wildman–Crippen MR) is 75.7 cm³/mol. The van der Waals surface area contributed by atoms with Crippen LogP contribution >= 0.6 is 11.6 Å². The molecule has 0 atom stereocenters. The summed E-state index contributed by atoms with van der Waals surface area (Å²) in [5, 5.41) is 3.18. The van der Waals surface area contributed by atoms with Crippen LogP contribution in [0.2, 0.25) is 5.02 Å². The summed E-state index contributed by atoms with van der Waals surface area (Å²) >= 11 is 5.92. The van der Waals surface area contributed by atoms with Gasteiger partial charge >= 0.3 is 0 Å². The van der Waals surface area contributed by atoms with Gasteiger partial charge in [-0.1, -0.05) is 35.4 Å². The molecule has 0 spiro atoms. The first-order chi connectivity index (χ1) is 9.06. The van der Waals surface area contributed by atoms with Gasteiger partial charge in [0.05, 0.1) is 11.4 Å². The SMILES string of the molecule is Cc1cccc(-c2cc3nc(C)c(Cl)c(=O)n3[nH]2)c1. The van der Waals surface area contributed by atoms with Crippen molar-refractivity contribution in [3.05, 3.63) is 57.0 Å². The van der Waals surface area contributed by atoms with Gasteiger partial charge in [-0.2, -0.15) is 4.52 Å². The zero-order valence-electron chi connectivity index (χ0n) is 10.6. The quantitative estimate of drug-likeness (QED) is 0.741. The summed E-state index contributed by atoms with van der Waals surface area (Å²) < 4.78 is 1.37. The van der Waals surface area contributed by atoms with Crippen molar-refractivity contribution in [3.8, 4) is 11.3 Å². The number of nitrogens with zero attached hydrogens (tertiary/aromatic N) is 2. The molecule has 3 rings (SSSR count). The minimum absolute atomic E-state index is 0.148. The van der Waals surface area contributed by atoms with E-state index in [0.717, 1.165) is 16.8 Å². The Bertz CT molecular complexity index is 832. The second kappa shape index (κ2) is 4.24. The Hall–Kier alpha value is -2.07. The third-order valence-electron chi connectivity index (χ3n) is 3.05. The lowest BCUT2D eigenvalue weighted by Gasteiger charge is -1.99. The molecule has 2 aromatic heterocycles. The molecule has 0 unspecified atom stereocenters. The number of H-pyrrole nitrogens is 1. The summed E-state index contributed by atoms with van der Waals surface area (Å²) in [4.78, 5) is 16.3. The maximum Gasteiger partial charge on any atom is 0.291 e. The van der Waals surface area contributed by atoms with Crippen molar-refractivity contribution < 1.29 is 0 Å². The van der Waals surface area contributed by atoms with Crippen LogP contribution in [0.5, 0.6) is 0 Å². The van der Waals surface area contributed by atoms with Gasteiger partial charge < -0.3 is 0 Å². The fourth-order valence-corrected chi connectivity index (χ4v) is 2.20. The second-order valence-electron chi connectivity index (χ2n) is 4.55. The van der Waals surface area contributed by atoms with E-state index in [0.29, 0.717) is 11.3 Å². The van der Waals surface area contributed by atoms with Crippen LogP contribution in [0, 0.1) is 13.8 Å². The van der Waals surface area contributed by atoms with Crippen LogP contribution in [0.3, 0.4) is 0 Å². The van der Waals surface area contributed by atoms with Crippen LogP contribution in [-0.2, 0) is 0 Å². The second-order valence-corrected chi connectivity index (χ2v) is 4.93. The highest BCUT2D eigenvalue weighted by atomic mass is 35.5. The number of aryl methyl sites for hydroxylation is 2. The van der Waals surface area contributed by atoms with Gasteiger partial charge in [0, 0.05) is 6.07 Å². The van der Waals surface area contributed by atoms with Crippen LogP contribution in [0.15, 0.2) is 35.1 Å². The van der Waals surface area contributed by atoms with Crippen LogP contribution in [0.4, 0.5) is 0 Å². The van der Waals surface area contributed by atoms with Crippen molar-refractivity contribution in [2.75, 3.05) is 0 Å². The molecule has 0 fully saturated rings. The molecule has 5 heteroatoms. The first kappa shape index (κ1) is 12.0. The summed E-state index contributed by atoms with van der Waals surface area (Å²) in [6, 6.07) is 9.88. The Labute approximate surface area is 114 Å². The Morgan fingerprint density at radius 2 is 2.05 bits per heavy atom. The van der Waals surface area contributed by atoms with Crippen LogP contribution in [-0.4, -0.2) is 14.6 Å². The van der Waals surface area contributed by atoms with Crippen molar-refractivity contribution in [3.63, 3.8) is 0 Å². The van der Waals surface area contributed by atoms with E-state index < -0.39 is 0 Å². The molecular weight excluding hydrogens is 262 g/mol. The molecule has 19 heavy (non-hydrogen) atoms. The van der Waals surface area contributed by atoms with Crippen LogP contribution < -0.4 is 5.56 Å². The van der Waals surface area contributed by atoms with E-state index in [1.54, 1.807) is 6.92 Å². The Kier molecular flexibility index (Phi) is 2.68. The molecule has 0 amide bonds. The number of benzene rings is 1. The van der Waals surface area contributed by atoms with Crippen molar-refractivity contribution in [2.45, 2.75) is 13.8 Å². The fourth-order valence-electron chi connectivity index (χ4n) is 2.08. The molecule has 0 aliphatic rings. The average Bonchev–Trinajstić information content (AvgIpc) is 2.80. The Morgan fingerprint density at radius 1 is 1.26 bits per heavy atom. The number of nitrogens with one attached hydrogen (secondary N) is 1. The molecule has 0 bridgehead atoms. The molecule has 96 valence electrons. The number of aromatic amines is 1. The average molecular weight is 274 g/mol. The summed E-state index contributed by atoms with van der Waals surface area (Å²) in [6.07, 6.45) is 0. The number of rotatable bonds is 1. The van der Waals surface area contributed by atoms with Crippen molar-refractivity contribution in [1.82, 2.24) is 14.6 Å². The number of hydrogen-bond donors (Lipinski definition) is 1. The predicted octanol–water partition coefficient (Wildman–Crippen LogP) is 2.96. The largest absolute Gasteiger partial charge is 0.291 e. The van der Waals surface area contributed by atoms with E-state index >= 15 is 0 Å². The third kappa shape index (κ3) is 1.94. The van der Waals surface area contributed by atoms with Gasteiger partial charge in [-0.05, 0) is 25.5 Å². The summed E-state index contributed by atoms with van der Waals surface area (Å²) in [5.74, 6) is 0. The topological polar surface area (TPSA) is 50.2 Å². The van der Waals surface area contributed by atoms with Gasteiger partial charge in [0.25, 0.3) is 5.56 Å². The number of aromatic nitrogens is 3. The molecule has 0 aliphatic heterocycles. The minimum atomic E-state index is -0.275.